The zero-order valence-electron chi connectivity index (χ0n) is 12.7. The normalized spacial score (nSPS) is 17.4. The predicted octanol–water partition coefficient (Wildman–Crippen LogP) is 2.30. The molecular weight excluding hydrogens is 313 g/mol. The monoisotopic (exact) mass is 332 g/mol. The van der Waals surface area contributed by atoms with Crippen LogP contribution in [0.4, 0.5) is 13.2 Å². The number of nitrogens with zero attached hydrogens (tertiary/aromatic N) is 1. The summed E-state index contributed by atoms with van der Waals surface area (Å²) in [5.41, 5.74) is -0.129. The molecule has 0 aromatic carbocycles. The van der Waals surface area contributed by atoms with Gasteiger partial charge in [0.2, 0.25) is 5.88 Å². The van der Waals surface area contributed by atoms with Gasteiger partial charge >= 0.3 is 6.18 Å². The van der Waals surface area contributed by atoms with Crippen LogP contribution in [0.3, 0.4) is 0 Å². The Morgan fingerprint density at radius 3 is 2.78 bits per heavy atom. The molecule has 1 aromatic heterocycles. The van der Waals surface area contributed by atoms with E-state index in [1.165, 1.54) is 18.3 Å². The number of alkyl halides is 3. The Balaban J connectivity index is 2.03. The molecule has 128 valence electrons. The molecule has 23 heavy (non-hydrogen) atoms. The first-order valence-electron chi connectivity index (χ1n) is 7.35. The molecule has 1 atom stereocenters. The molecule has 1 unspecified atom stereocenters. The summed E-state index contributed by atoms with van der Waals surface area (Å²) in [5, 5.41) is 11.7. The average molecular weight is 332 g/mol. The maximum absolute atomic E-state index is 12.6. The van der Waals surface area contributed by atoms with E-state index in [1.54, 1.807) is 0 Å². The molecule has 0 saturated heterocycles. The zero-order valence-corrected chi connectivity index (χ0v) is 12.7. The molecule has 0 bridgehead atoms. The lowest BCUT2D eigenvalue weighted by Crippen LogP contribution is -2.34. The van der Waals surface area contributed by atoms with Crippen LogP contribution in [0.15, 0.2) is 18.3 Å². The number of aliphatic hydroxyl groups excluding tert-OH is 1. The van der Waals surface area contributed by atoms with Crippen LogP contribution < -0.4 is 10.1 Å². The molecule has 0 spiro atoms. The smallest absolute Gasteiger partial charge is 0.425 e. The largest absolute Gasteiger partial charge is 0.464 e. The number of aromatic nitrogens is 1. The van der Waals surface area contributed by atoms with Gasteiger partial charge in [0.25, 0.3) is 5.91 Å². The van der Waals surface area contributed by atoms with E-state index >= 15 is 0 Å². The number of ether oxygens (including phenoxy) is 1. The van der Waals surface area contributed by atoms with Crippen molar-refractivity contribution in [1.29, 1.82) is 0 Å². The van der Waals surface area contributed by atoms with E-state index in [2.05, 4.69) is 10.3 Å². The highest BCUT2D eigenvalue weighted by Gasteiger charge is 2.42. The standard InChI is InChI=1S/C15H19F3N2O3/c1-10(15(16,17)18)23-13-11(3-2-7-19-13)12(22)20-9-14(4-5-14)6-8-21/h2-3,7,10,21H,4-6,8-9H2,1H3,(H,20,22). The van der Waals surface area contributed by atoms with Gasteiger partial charge in [-0.3, -0.25) is 4.79 Å². The van der Waals surface area contributed by atoms with Gasteiger partial charge in [-0.1, -0.05) is 0 Å². The molecule has 1 heterocycles. The summed E-state index contributed by atoms with van der Waals surface area (Å²) in [6.45, 7) is 1.27. The summed E-state index contributed by atoms with van der Waals surface area (Å²) >= 11 is 0. The van der Waals surface area contributed by atoms with Gasteiger partial charge < -0.3 is 15.2 Å². The lowest BCUT2D eigenvalue weighted by Gasteiger charge is -2.19. The van der Waals surface area contributed by atoms with Crippen molar-refractivity contribution in [3.05, 3.63) is 23.9 Å². The third-order valence-electron chi connectivity index (χ3n) is 3.99. The van der Waals surface area contributed by atoms with Crippen molar-refractivity contribution in [3.63, 3.8) is 0 Å². The molecule has 0 radical (unpaired) electrons. The van der Waals surface area contributed by atoms with E-state index in [0.29, 0.717) is 13.0 Å². The minimum absolute atomic E-state index is 0.0385. The van der Waals surface area contributed by atoms with E-state index in [9.17, 15) is 18.0 Å². The molecule has 5 nitrogen and oxygen atoms in total. The van der Waals surface area contributed by atoms with Gasteiger partial charge in [-0.25, -0.2) is 4.98 Å². The molecule has 1 aliphatic carbocycles. The van der Waals surface area contributed by atoms with Crippen molar-refractivity contribution >= 4 is 5.91 Å². The summed E-state index contributed by atoms with van der Waals surface area (Å²) in [6.07, 6.45) is -2.92. The fourth-order valence-corrected chi connectivity index (χ4v) is 2.18. The molecule has 0 aliphatic heterocycles. The van der Waals surface area contributed by atoms with Gasteiger partial charge in [-0.05, 0) is 43.7 Å². The molecular formula is C15H19F3N2O3. The molecule has 1 amide bonds. The number of nitrogens with one attached hydrogen (secondary N) is 1. The number of hydrogen-bond acceptors (Lipinski definition) is 4. The first-order chi connectivity index (χ1) is 10.8. The van der Waals surface area contributed by atoms with Gasteiger partial charge in [0.15, 0.2) is 6.10 Å². The lowest BCUT2D eigenvalue weighted by atomic mass is 10.0. The summed E-state index contributed by atoms with van der Waals surface area (Å²) in [4.78, 5) is 15.9. The van der Waals surface area contributed by atoms with Gasteiger partial charge in [0, 0.05) is 19.3 Å². The third-order valence-corrected chi connectivity index (χ3v) is 3.99. The highest BCUT2D eigenvalue weighted by molar-refractivity contribution is 5.96. The van der Waals surface area contributed by atoms with Crippen molar-refractivity contribution < 1.29 is 27.8 Å². The Bertz CT molecular complexity index is 559. The van der Waals surface area contributed by atoms with E-state index in [-0.39, 0.29) is 23.5 Å². The van der Waals surface area contributed by atoms with Crippen molar-refractivity contribution in [2.75, 3.05) is 13.2 Å². The molecule has 2 N–H and O–H groups in total. The summed E-state index contributed by atoms with van der Waals surface area (Å²) in [5.74, 6) is -0.881. The molecule has 8 heteroatoms. The van der Waals surface area contributed by atoms with E-state index < -0.39 is 18.2 Å². The second kappa shape index (κ2) is 6.74. The maximum atomic E-state index is 12.6. The number of hydrogen-bond donors (Lipinski definition) is 2. The predicted molar refractivity (Wildman–Crippen MR) is 76.1 cm³/mol. The van der Waals surface area contributed by atoms with Gasteiger partial charge in [-0.15, -0.1) is 0 Å². The SMILES string of the molecule is CC(Oc1ncccc1C(=O)NCC1(CCO)CC1)C(F)(F)F. The molecule has 1 aromatic rings. The van der Waals surface area contributed by atoms with Crippen molar-refractivity contribution in [2.45, 2.75) is 38.5 Å². The molecule has 1 aliphatic rings. The van der Waals surface area contributed by atoms with Crippen LogP contribution in [0.2, 0.25) is 0 Å². The fraction of sp³-hybridized carbons (Fsp3) is 0.600. The number of halogens is 3. The number of aliphatic hydroxyl groups is 1. The lowest BCUT2D eigenvalue weighted by molar-refractivity contribution is -0.190. The number of carbonyl (C=O) groups is 1. The van der Waals surface area contributed by atoms with Crippen LogP contribution in [0.25, 0.3) is 0 Å². The van der Waals surface area contributed by atoms with Crippen LogP contribution in [0.5, 0.6) is 5.88 Å². The molecule has 1 saturated carbocycles. The Morgan fingerprint density at radius 2 is 2.22 bits per heavy atom. The van der Waals surface area contributed by atoms with Crippen LogP contribution in [-0.4, -0.2) is 41.4 Å². The van der Waals surface area contributed by atoms with Crippen LogP contribution >= 0.6 is 0 Å². The minimum atomic E-state index is -4.54. The van der Waals surface area contributed by atoms with E-state index in [4.69, 9.17) is 9.84 Å². The average Bonchev–Trinajstić information content (AvgIpc) is 3.25. The summed E-state index contributed by atoms with van der Waals surface area (Å²) < 4.78 is 42.6. The van der Waals surface area contributed by atoms with Gasteiger partial charge in [0.1, 0.15) is 5.56 Å². The number of carbonyl (C=O) groups excluding carboxylic acids is 1. The van der Waals surface area contributed by atoms with Gasteiger partial charge in [0.05, 0.1) is 0 Å². The molecule has 1 fully saturated rings. The summed E-state index contributed by atoms with van der Waals surface area (Å²) in [6, 6.07) is 2.83. The Morgan fingerprint density at radius 1 is 1.52 bits per heavy atom. The Kier molecular flexibility index (Phi) is 5.13. The highest BCUT2D eigenvalue weighted by Crippen LogP contribution is 2.47. The van der Waals surface area contributed by atoms with Crippen LogP contribution in [0.1, 0.15) is 36.5 Å². The van der Waals surface area contributed by atoms with E-state index in [1.807, 2.05) is 0 Å². The van der Waals surface area contributed by atoms with Crippen molar-refractivity contribution in [2.24, 2.45) is 5.41 Å². The number of amides is 1. The summed E-state index contributed by atoms with van der Waals surface area (Å²) in [7, 11) is 0. The first kappa shape index (κ1) is 17.5. The van der Waals surface area contributed by atoms with Crippen molar-refractivity contribution in [1.82, 2.24) is 10.3 Å². The second-order valence-electron chi connectivity index (χ2n) is 5.81. The Hall–Kier alpha value is -1.83. The first-order valence-corrected chi connectivity index (χ1v) is 7.35. The van der Waals surface area contributed by atoms with Crippen LogP contribution in [0, 0.1) is 5.41 Å². The second-order valence-corrected chi connectivity index (χ2v) is 5.81. The van der Waals surface area contributed by atoms with Crippen LogP contribution in [-0.2, 0) is 0 Å². The van der Waals surface area contributed by atoms with E-state index in [0.717, 1.165) is 19.8 Å². The van der Waals surface area contributed by atoms with Gasteiger partial charge in [-0.2, -0.15) is 13.2 Å². The quantitative estimate of drug-likeness (QED) is 0.804. The highest BCUT2D eigenvalue weighted by atomic mass is 19.4. The maximum Gasteiger partial charge on any atom is 0.425 e. The number of rotatable bonds is 7. The topological polar surface area (TPSA) is 71.5 Å². The number of pyridine rings is 1. The Labute approximate surface area is 131 Å². The zero-order chi connectivity index (χ0) is 17.1. The fourth-order valence-electron chi connectivity index (χ4n) is 2.18. The third kappa shape index (κ3) is 4.57. The minimum Gasteiger partial charge on any atom is -0.464 e. The van der Waals surface area contributed by atoms with Crippen molar-refractivity contribution in [3.8, 4) is 5.88 Å². The molecule has 2 rings (SSSR count).